The molecule has 1 aromatic carbocycles. The number of likely N-dealkylation sites (tertiary alicyclic amines) is 1. The molecule has 13 heteroatoms. The molecule has 2 aliphatic heterocycles. The van der Waals surface area contributed by atoms with Crippen molar-refractivity contribution >= 4 is 23.9 Å². The van der Waals surface area contributed by atoms with E-state index in [0.717, 1.165) is 19.4 Å². The molecule has 226 valence electrons. The molecule has 3 N–H and O–H groups in total. The lowest BCUT2D eigenvalue weighted by atomic mass is 10.1. The fourth-order valence-electron chi connectivity index (χ4n) is 5.23. The van der Waals surface area contributed by atoms with E-state index in [0.29, 0.717) is 23.6 Å². The highest BCUT2D eigenvalue weighted by Crippen LogP contribution is 2.22. The normalized spacial score (nSPS) is 18.0. The van der Waals surface area contributed by atoms with Crippen LogP contribution in [0.2, 0.25) is 0 Å². The van der Waals surface area contributed by atoms with Gasteiger partial charge in [0.05, 0.1) is 18.9 Å². The standard InChI is InChI=1S/C29H38N6O7/c1-2-42-29(41)34-15-13-33(14-16-34)28(40)23(10-11-25(37)38)32-27(39)24-17-21(18-35-12-6-9-22(35)19-36)30-26(31-24)20-7-4-3-5-8-20/h3-5,7-8,17,22-23,36H,2,6,9-16,18-19H2,1H3,(H,32,39)(H,37,38)/t22-,23?/m0/s1. The molecule has 2 saturated heterocycles. The van der Waals surface area contributed by atoms with Gasteiger partial charge in [0.2, 0.25) is 5.91 Å². The summed E-state index contributed by atoms with van der Waals surface area (Å²) in [6.45, 7) is 4.21. The molecule has 0 aliphatic carbocycles. The van der Waals surface area contributed by atoms with E-state index in [1.54, 1.807) is 13.0 Å². The van der Waals surface area contributed by atoms with Gasteiger partial charge in [0.15, 0.2) is 5.82 Å². The van der Waals surface area contributed by atoms with Crippen LogP contribution in [0.3, 0.4) is 0 Å². The predicted octanol–water partition coefficient (Wildman–Crippen LogP) is 1.36. The third-order valence-corrected chi connectivity index (χ3v) is 7.49. The number of ether oxygens (including phenoxy) is 1. The number of hydrogen-bond acceptors (Lipinski definition) is 9. The molecule has 0 bridgehead atoms. The Hall–Kier alpha value is -4.10. The second kappa shape index (κ2) is 14.7. The van der Waals surface area contributed by atoms with Gasteiger partial charge in [0, 0.05) is 50.7 Å². The number of carbonyl (C=O) groups is 4. The Bertz CT molecular complexity index is 1250. The number of aliphatic hydroxyl groups is 1. The van der Waals surface area contributed by atoms with E-state index in [4.69, 9.17) is 9.72 Å². The summed E-state index contributed by atoms with van der Waals surface area (Å²) >= 11 is 0. The number of aliphatic carboxylic acids is 1. The van der Waals surface area contributed by atoms with Gasteiger partial charge in [-0.25, -0.2) is 14.8 Å². The van der Waals surface area contributed by atoms with Crippen LogP contribution < -0.4 is 5.32 Å². The number of carbonyl (C=O) groups excluding carboxylic acids is 3. The van der Waals surface area contributed by atoms with Crippen LogP contribution in [0, 0.1) is 0 Å². The van der Waals surface area contributed by atoms with Crippen LogP contribution in [0.25, 0.3) is 11.4 Å². The third-order valence-electron chi connectivity index (χ3n) is 7.49. The molecule has 0 saturated carbocycles. The van der Waals surface area contributed by atoms with Crippen molar-refractivity contribution in [3.63, 3.8) is 0 Å². The number of aromatic nitrogens is 2. The second-order valence-electron chi connectivity index (χ2n) is 10.4. The first-order valence-electron chi connectivity index (χ1n) is 14.3. The maximum atomic E-state index is 13.6. The zero-order valence-electron chi connectivity index (χ0n) is 23.8. The molecule has 1 aromatic heterocycles. The smallest absolute Gasteiger partial charge is 0.409 e. The second-order valence-corrected chi connectivity index (χ2v) is 10.4. The summed E-state index contributed by atoms with van der Waals surface area (Å²) in [5.41, 5.74) is 1.36. The first-order chi connectivity index (χ1) is 20.3. The number of hydrogen-bond donors (Lipinski definition) is 3. The number of benzene rings is 1. The fourth-order valence-corrected chi connectivity index (χ4v) is 5.23. The minimum Gasteiger partial charge on any atom is -0.481 e. The van der Waals surface area contributed by atoms with Crippen molar-refractivity contribution in [1.82, 2.24) is 30.0 Å². The number of nitrogens with zero attached hydrogens (tertiary/aromatic N) is 5. The predicted molar refractivity (Wildman–Crippen MR) is 151 cm³/mol. The van der Waals surface area contributed by atoms with Crippen LogP contribution in [0.15, 0.2) is 36.4 Å². The summed E-state index contributed by atoms with van der Waals surface area (Å²) < 4.78 is 5.03. The van der Waals surface area contributed by atoms with Crippen LogP contribution in [0.4, 0.5) is 4.79 Å². The van der Waals surface area contributed by atoms with Crippen molar-refractivity contribution in [3.05, 3.63) is 47.8 Å². The van der Waals surface area contributed by atoms with E-state index in [-0.39, 0.29) is 64.0 Å². The van der Waals surface area contributed by atoms with E-state index in [1.807, 2.05) is 30.3 Å². The number of amides is 3. The quantitative estimate of drug-likeness (QED) is 0.352. The van der Waals surface area contributed by atoms with E-state index in [2.05, 4.69) is 15.2 Å². The molecular weight excluding hydrogens is 544 g/mol. The molecule has 3 amide bonds. The fraction of sp³-hybridized carbons (Fsp3) is 0.517. The average molecular weight is 583 g/mol. The van der Waals surface area contributed by atoms with Gasteiger partial charge >= 0.3 is 12.1 Å². The number of carboxylic acid groups (broad SMARTS) is 1. The molecule has 0 radical (unpaired) electrons. The number of piperazine rings is 1. The maximum absolute atomic E-state index is 13.6. The van der Waals surface area contributed by atoms with Gasteiger partial charge in [-0.3, -0.25) is 19.3 Å². The van der Waals surface area contributed by atoms with E-state index in [9.17, 15) is 29.4 Å². The first-order valence-corrected chi connectivity index (χ1v) is 14.3. The van der Waals surface area contributed by atoms with Crippen LogP contribution in [-0.4, -0.2) is 117 Å². The Morgan fingerprint density at radius 1 is 1.05 bits per heavy atom. The molecule has 2 fully saturated rings. The SMILES string of the molecule is CCOC(=O)N1CCN(C(=O)C(CCC(=O)O)NC(=O)c2cc(CN3CCC[C@H]3CO)nc(-c3ccccc3)n2)CC1. The largest absolute Gasteiger partial charge is 0.481 e. The lowest BCUT2D eigenvalue weighted by Crippen LogP contribution is -2.56. The monoisotopic (exact) mass is 582 g/mol. The van der Waals surface area contributed by atoms with Gasteiger partial charge in [-0.2, -0.15) is 0 Å². The molecule has 2 aliphatic rings. The van der Waals surface area contributed by atoms with Crippen molar-refractivity contribution in [2.45, 2.75) is 51.2 Å². The van der Waals surface area contributed by atoms with Crippen molar-refractivity contribution in [3.8, 4) is 11.4 Å². The highest BCUT2D eigenvalue weighted by atomic mass is 16.6. The van der Waals surface area contributed by atoms with Crippen LogP contribution in [0.1, 0.15) is 48.8 Å². The first kappa shape index (κ1) is 30.8. The summed E-state index contributed by atoms with van der Waals surface area (Å²) in [5, 5.41) is 21.8. The van der Waals surface area contributed by atoms with Gasteiger partial charge in [-0.1, -0.05) is 30.3 Å². The van der Waals surface area contributed by atoms with Gasteiger partial charge in [0.1, 0.15) is 11.7 Å². The lowest BCUT2D eigenvalue weighted by Gasteiger charge is -2.35. The summed E-state index contributed by atoms with van der Waals surface area (Å²) in [4.78, 5) is 64.7. The lowest BCUT2D eigenvalue weighted by molar-refractivity contribution is -0.138. The minimum atomic E-state index is -1.10. The number of nitrogens with one attached hydrogen (secondary N) is 1. The summed E-state index contributed by atoms with van der Waals surface area (Å²) in [7, 11) is 0. The van der Waals surface area contributed by atoms with Gasteiger partial charge < -0.3 is 30.1 Å². The summed E-state index contributed by atoms with van der Waals surface area (Å²) in [6.07, 6.45) is 0.959. The van der Waals surface area contributed by atoms with Crippen molar-refractivity contribution in [1.29, 1.82) is 0 Å². The van der Waals surface area contributed by atoms with Crippen LogP contribution in [-0.2, 0) is 20.9 Å². The van der Waals surface area contributed by atoms with Crippen molar-refractivity contribution in [2.24, 2.45) is 0 Å². The molecule has 13 nitrogen and oxygen atoms in total. The molecule has 4 rings (SSSR count). The molecule has 42 heavy (non-hydrogen) atoms. The zero-order valence-corrected chi connectivity index (χ0v) is 23.8. The van der Waals surface area contributed by atoms with Gasteiger partial charge in [-0.05, 0) is 38.8 Å². The Labute approximate surface area is 244 Å². The Morgan fingerprint density at radius 2 is 1.76 bits per heavy atom. The Balaban J connectivity index is 1.54. The number of aliphatic hydroxyl groups excluding tert-OH is 1. The van der Waals surface area contributed by atoms with E-state index in [1.165, 1.54) is 9.80 Å². The average Bonchev–Trinajstić information content (AvgIpc) is 3.46. The summed E-state index contributed by atoms with van der Waals surface area (Å²) in [5.74, 6) is -1.78. The van der Waals surface area contributed by atoms with Crippen molar-refractivity contribution in [2.75, 3.05) is 45.9 Å². The maximum Gasteiger partial charge on any atom is 0.409 e. The minimum absolute atomic E-state index is 0.0136. The molecule has 0 spiro atoms. The van der Waals surface area contributed by atoms with Crippen molar-refractivity contribution < 1.29 is 34.1 Å². The third kappa shape index (κ3) is 8.01. The molecule has 1 unspecified atom stereocenters. The van der Waals surface area contributed by atoms with E-state index < -0.39 is 29.9 Å². The molecule has 2 aromatic rings. The van der Waals surface area contributed by atoms with Gasteiger partial charge in [0.25, 0.3) is 5.91 Å². The summed E-state index contributed by atoms with van der Waals surface area (Å²) in [6, 6.07) is 9.71. The van der Waals surface area contributed by atoms with E-state index >= 15 is 0 Å². The molecular formula is C29H38N6O7. The zero-order chi connectivity index (χ0) is 30.1. The van der Waals surface area contributed by atoms with Crippen LogP contribution >= 0.6 is 0 Å². The number of rotatable bonds is 11. The topological polar surface area (TPSA) is 166 Å². The van der Waals surface area contributed by atoms with Crippen LogP contribution in [0.5, 0.6) is 0 Å². The van der Waals surface area contributed by atoms with Gasteiger partial charge in [-0.15, -0.1) is 0 Å². The number of carboxylic acids is 1. The Morgan fingerprint density at radius 3 is 2.43 bits per heavy atom. The highest BCUT2D eigenvalue weighted by Gasteiger charge is 2.32. The highest BCUT2D eigenvalue weighted by molar-refractivity contribution is 5.96. The molecule has 3 heterocycles. The Kier molecular flexibility index (Phi) is 10.8. The molecule has 2 atom stereocenters.